The van der Waals surface area contributed by atoms with Gasteiger partial charge in [-0.2, -0.15) is 4.98 Å². The first-order valence-corrected chi connectivity index (χ1v) is 5.52. The molecule has 0 spiro atoms. The maximum Gasteiger partial charge on any atom is 0.227 e. The van der Waals surface area contributed by atoms with Crippen molar-refractivity contribution in [2.45, 2.75) is 13.5 Å². The van der Waals surface area contributed by atoms with Gasteiger partial charge in [-0.1, -0.05) is 0 Å². The fraction of sp³-hybridized carbons (Fsp3) is 0.250. The highest BCUT2D eigenvalue weighted by Crippen LogP contribution is 2.12. The summed E-state index contributed by atoms with van der Waals surface area (Å²) in [5, 5.41) is 0. The normalized spacial score (nSPS) is 10.2. The van der Waals surface area contributed by atoms with E-state index in [1.807, 2.05) is 12.1 Å². The van der Waals surface area contributed by atoms with Crippen LogP contribution in [0.2, 0.25) is 0 Å². The van der Waals surface area contributed by atoms with Crippen LogP contribution in [0.15, 0.2) is 36.8 Å². The van der Waals surface area contributed by atoms with Gasteiger partial charge in [0.1, 0.15) is 5.82 Å². The summed E-state index contributed by atoms with van der Waals surface area (Å²) >= 11 is 0. The highest BCUT2D eigenvalue weighted by atomic mass is 15.2. The first-order valence-electron chi connectivity index (χ1n) is 5.52. The number of nitrogen functional groups attached to an aromatic ring is 1. The molecule has 0 saturated heterocycles. The fourth-order valence-electron chi connectivity index (χ4n) is 1.55. The second-order valence-electron chi connectivity index (χ2n) is 3.65. The summed E-state index contributed by atoms with van der Waals surface area (Å²) in [5.41, 5.74) is 6.83. The van der Waals surface area contributed by atoms with E-state index >= 15 is 0 Å². The van der Waals surface area contributed by atoms with Gasteiger partial charge < -0.3 is 10.6 Å². The minimum absolute atomic E-state index is 0.489. The summed E-state index contributed by atoms with van der Waals surface area (Å²) in [7, 11) is 0. The molecule has 0 aliphatic heterocycles. The van der Waals surface area contributed by atoms with Crippen molar-refractivity contribution in [2.75, 3.05) is 17.2 Å². The van der Waals surface area contributed by atoms with E-state index in [-0.39, 0.29) is 0 Å². The quantitative estimate of drug-likeness (QED) is 0.860. The number of pyridine rings is 1. The lowest BCUT2D eigenvalue weighted by Gasteiger charge is -2.20. The summed E-state index contributed by atoms with van der Waals surface area (Å²) in [5.74, 6) is 1.15. The van der Waals surface area contributed by atoms with Crippen molar-refractivity contribution in [1.82, 2.24) is 15.0 Å². The highest BCUT2D eigenvalue weighted by molar-refractivity contribution is 5.38. The van der Waals surface area contributed by atoms with Gasteiger partial charge >= 0.3 is 0 Å². The average Bonchev–Trinajstić information content (AvgIpc) is 2.37. The van der Waals surface area contributed by atoms with Crippen molar-refractivity contribution in [3.63, 3.8) is 0 Å². The van der Waals surface area contributed by atoms with Crippen LogP contribution in [-0.4, -0.2) is 21.5 Å². The molecule has 0 aliphatic rings. The molecular formula is C12H15N5. The number of anilines is 2. The monoisotopic (exact) mass is 229 g/mol. The molecule has 5 heteroatoms. The number of hydrogen-bond acceptors (Lipinski definition) is 5. The van der Waals surface area contributed by atoms with Crippen LogP contribution in [0.4, 0.5) is 11.8 Å². The van der Waals surface area contributed by atoms with Crippen LogP contribution in [0.5, 0.6) is 0 Å². The summed E-state index contributed by atoms with van der Waals surface area (Å²) in [6.07, 6.45) is 5.24. The van der Waals surface area contributed by atoms with Gasteiger partial charge in [0, 0.05) is 31.7 Å². The van der Waals surface area contributed by atoms with E-state index in [9.17, 15) is 0 Å². The van der Waals surface area contributed by atoms with Gasteiger partial charge in [-0.05, 0) is 30.7 Å². The molecule has 2 aromatic heterocycles. The first kappa shape index (κ1) is 11.3. The van der Waals surface area contributed by atoms with Crippen LogP contribution in [-0.2, 0) is 6.54 Å². The lowest BCUT2D eigenvalue weighted by molar-refractivity contribution is 0.792. The van der Waals surface area contributed by atoms with E-state index in [2.05, 4.69) is 26.8 Å². The van der Waals surface area contributed by atoms with Crippen molar-refractivity contribution in [2.24, 2.45) is 0 Å². The zero-order chi connectivity index (χ0) is 12.1. The van der Waals surface area contributed by atoms with Crippen LogP contribution in [0.3, 0.4) is 0 Å². The molecule has 5 nitrogen and oxygen atoms in total. The van der Waals surface area contributed by atoms with E-state index in [0.717, 1.165) is 13.1 Å². The van der Waals surface area contributed by atoms with Gasteiger partial charge in [-0.25, -0.2) is 4.98 Å². The Morgan fingerprint density at radius 2 is 1.94 bits per heavy atom. The molecule has 0 saturated carbocycles. The fourth-order valence-corrected chi connectivity index (χ4v) is 1.55. The lowest BCUT2D eigenvalue weighted by Crippen LogP contribution is -2.24. The van der Waals surface area contributed by atoms with Gasteiger partial charge in [0.05, 0.1) is 0 Å². The smallest absolute Gasteiger partial charge is 0.227 e. The first-order chi connectivity index (χ1) is 8.29. The Hall–Kier alpha value is -2.17. The molecular weight excluding hydrogens is 214 g/mol. The Morgan fingerprint density at radius 3 is 2.59 bits per heavy atom. The third-order valence-electron chi connectivity index (χ3n) is 2.45. The van der Waals surface area contributed by atoms with Crippen LogP contribution in [0.25, 0.3) is 0 Å². The van der Waals surface area contributed by atoms with Crippen LogP contribution < -0.4 is 10.6 Å². The molecule has 0 atom stereocenters. The number of nitrogens with zero attached hydrogens (tertiary/aromatic N) is 4. The maximum atomic E-state index is 5.66. The van der Waals surface area contributed by atoms with Crippen molar-refractivity contribution in [3.8, 4) is 0 Å². The van der Waals surface area contributed by atoms with Crippen LogP contribution in [0, 0.1) is 0 Å². The minimum atomic E-state index is 0.489. The van der Waals surface area contributed by atoms with Crippen molar-refractivity contribution in [1.29, 1.82) is 0 Å². The molecule has 88 valence electrons. The molecule has 2 aromatic rings. The number of nitrogens with two attached hydrogens (primary N) is 1. The highest BCUT2D eigenvalue weighted by Gasteiger charge is 2.08. The van der Waals surface area contributed by atoms with Crippen molar-refractivity contribution in [3.05, 3.63) is 42.4 Å². The number of hydrogen-bond donors (Lipinski definition) is 1. The predicted molar refractivity (Wildman–Crippen MR) is 67.4 cm³/mol. The number of rotatable bonds is 4. The summed E-state index contributed by atoms with van der Waals surface area (Å²) < 4.78 is 0. The average molecular weight is 229 g/mol. The molecule has 0 fully saturated rings. The molecule has 0 radical (unpaired) electrons. The third kappa shape index (κ3) is 2.90. The predicted octanol–water partition coefficient (Wildman–Crippen LogP) is 1.48. The minimum Gasteiger partial charge on any atom is -0.384 e. The Balaban J connectivity index is 2.17. The second-order valence-corrected chi connectivity index (χ2v) is 3.65. The zero-order valence-electron chi connectivity index (χ0n) is 9.74. The van der Waals surface area contributed by atoms with Gasteiger partial charge in [0.2, 0.25) is 5.95 Å². The van der Waals surface area contributed by atoms with Crippen LogP contribution in [0.1, 0.15) is 12.5 Å². The lowest BCUT2D eigenvalue weighted by atomic mass is 10.2. The van der Waals surface area contributed by atoms with Crippen molar-refractivity contribution >= 4 is 11.8 Å². The molecule has 2 N–H and O–H groups in total. The van der Waals surface area contributed by atoms with E-state index in [0.29, 0.717) is 11.8 Å². The van der Waals surface area contributed by atoms with E-state index in [1.54, 1.807) is 24.7 Å². The Bertz CT molecular complexity index is 471. The molecule has 2 rings (SSSR count). The van der Waals surface area contributed by atoms with Gasteiger partial charge in [-0.15, -0.1) is 0 Å². The summed E-state index contributed by atoms with van der Waals surface area (Å²) in [6, 6.07) is 5.65. The summed E-state index contributed by atoms with van der Waals surface area (Å²) in [6.45, 7) is 3.64. The molecule has 0 bridgehead atoms. The van der Waals surface area contributed by atoms with Crippen LogP contribution >= 0.6 is 0 Å². The molecule has 2 heterocycles. The third-order valence-corrected chi connectivity index (χ3v) is 2.45. The molecule has 17 heavy (non-hydrogen) atoms. The standard InChI is InChI=1S/C12H15N5/c1-2-17(9-10-3-6-14-7-4-10)12-15-8-5-11(13)16-12/h3-8H,2,9H2,1H3,(H2,13,15,16). The Labute approximate surface area is 100 Å². The Kier molecular flexibility index (Phi) is 3.49. The molecule has 0 aromatic carbocycles. The molecule has 0 amide bonds. The maximum absolute atomic E-state index is 5.66. The van der Waals surface area contributed by atoms with Crippen molar-refractivity contribution < 1.29 is 0 Å². The van der Waals surface area contributed by atoms with E-state index in [4.69, 9.17) is 5.73 Å². The zero-order valence-corrected chi connectivity index (χ0v) is 9.74. The largest absolute Gasteiger partial charge is 0.384 e. The van der Waals surface area contributed by atoms with Gasteiger partial charge in [0.15, 0.2) is 0 Å². The van der Waals surface area contributed by atoms with Gasteiger partial charge in [0.25, 0.3) is 0 Å². The SMILES string of the molecule is CCN(Cc1ccncc1)c1nccc(N)n1. The van der Waals surface area contributed by atoms with Gasteiger partial charge in [-0.3, -0.25) is 4.98 Å². The van der Waals surface area contributed by atoms with E-state index < -0.39 is 0 Å². The molecule has 0 aliphatic carbocycles. The van der Waals surface area contributed by atoms with E-state index in [1.165, 1.54) is 5.56 Å². The molecule has 0 unspecified atom stereocenters. The topological polar surface area (TPSA) is 67.9 Å². The Morgan fingerprint density at radius 1 is 1.18 bits per heavy atom. The number of aromatic nitrogens is 3. The summed E-state index contributed by atoms with van der Waals surface area (Å²) in [4.78, 5) is 14.5. The second kappa shape index (κ2) is 5.25.